The van der Waals surface area contributed by atoms with Gasteiger partial charge in [0.1, 0.15) is 5.82 Å². The van der Waals surface area contributed by atoms with Gasteiger partial charge in [-0.2, -0.15) is 0 Å². The molecule has 2 aromatic heterocycles. The predicted octanol–water partition coefficient (Wildman–Crippen LogP) is 0.311. The predicted molar refractivity (Wildman–Crippen MR) is 82.7 cm³/mol. The maximum absolute atomic E-state index is 12.6. The van der Waals surface area contributed by atoms with Gasteiger partial charge in [-0.1, -0.05) is 0 Å². The quantitative estimate of drug-likeness (QED) is 0.830. The molecule has 0 radical (unpaired) electrons. The van der Waals surface area contributed by atoms with Crippen molar-refractivity contribution in [3.05, 3.63) is 26.7 Å². The van der Waals surface area contributed by atoms with Gasteiger partial charge >= 0.3 is 5.69 Å². The van der Waals surface area contributed by atoms with Crippen molar-refractivity contribution in [2.75, 3.05) is 6.54 Å². The molecule has 0 amide bonds. The third kappa shape index (κ3) is 2.42. The lowest BCUT2D eigenvalue weighted by atomic mass is 10.3. The Morgan fingerprint density at radius 2 is 1.62 bits per heavy atom. The minimum Gasteiger partial charge on any atom is -0.330 e. The van der Waals surface area contributed by atoms with Gasteiger partial charge in [0, 0.05) is 26.1 Å². The fraction of sp³-hybridized carbons (Fsp3) is 0.643. The van der Waals surface area contributed by atoms with Crippen LogP contribution in [-0.2, 0) is 26.1 Å². The van der Waals surface area contributed by atoms with Crippen LogP contribution in [0.25, 0.3) is 11.2 Å². The second-order valence-electron chi connectivity index (χ2n) is 4.91. The SMILES string of the molecule is CCn1c(=O)c2c(nc(CCCN)n2CC)n(CC)c1=O. The minimum absolute atomic E-state index is 0.254. The van der Waals surface area contributed by atoms with E-state index in [2.05, 4.69) is 4.98 Å². The summed E-state index contributed by atoms with van der Waals surface area (Å²) in [6.07, 6.45) is 1.52. The van der Waals surface area contributed by atoms with Crippen molar-refractivity contribution in [1.29, 1.82) is 0 Å². The summed E-state index contributed by atoms with van der Waals surface area (Å²) in [6.45, 7) is 7.74. The molecule has 7 heteroatoms. The monoisotopic (exact) mass is 293 g/mol. The fourth-order valence-corrected chi connectivity index (χ4v) is 2.69. The summed E-state index contributed by atoms with van der Waals surface area (Å²) in [7, 11) is 0. The molecular weight excluding hydrogens is 270 g/mol. The Morgan fingerprint density at radius 1 is 1.00 bits per heavy atom. The summed E-state index contributed by atoms with van der Waals surface area (Å²) in [5.41, 5.74) is 6.03. The molecule has 0 aliphatic rings. The maximum Gasteiger partial charge on any atom is 0.332 e. The highest BCUT2D eigenvalue weighted by atomic mass is 16.2. The van der Waals surface area contributed by atoms with E-state index < -0.39 is 0 Å². The van der Waals surface area contributed by atoms with E-state index in [1.54, 1.807) is 11.5 Å². The van der Waals surface area contributed by atoms with Crippen LogP contribution in [0.3, 0.4) is 0 Å². The van der Waals surface area contributed by atoms with Crippen molar-refractivity contribution in [3.63, 3.8) is 0 Å². The normalized spacial score (nSPS) is 11.4. The topological polar surface area (TPSA) is 87.8 Å². The lowest BCUT2D eigenvalue weighted by Gasteiger charge is -2.09. The highest BCUT2D eigenvalue weighted by Crippen LogP contribution is 2.13. The van der Waals surface area contributed by atoms with Gasteiger partial charge in [0.15, 0.2) is 11.2 Å². The first-order valence-corrected chi connectivity index (χ1v) is 7.53. The summed E-state index contributed by atoms with van der Waals surface area (Å²) in [5.74, 6) is 0.825. The molecule has 0 atom stereocenters. The first-order valence-electron chi connectivity index (χ1n) is 7.53. The van der Waals surface area contributed by atoms with E-state index in [0.717, 1.165) is 12.2 Å². The van der Waals surface area contributed by atoms with Crippen LogP contribution >= 0.6 is 0 Å². The van der Waals surface area contributed by atoms with Crippen molar-refractivity contribution in [3.8, 4) is 0 Å². The number of aryl methyl sites for hydroxylation is 3. The van der Waals surface area contributed by atoms with Gasteiger partial charge in [0.05, 0.1) is 0 Å². The largest absolute Gasteiger partial charge is 0.332 e. The second-order valence-corrected chi connectivity index (χ2v) is 4.91. The molecule has 2 N–H and O–H groups in total. The molecule has 2 heterocycles. The van der Waals surface area contributed by atoms with Gasteiger partial charge in [-0.3, -0.25) is 13.9 Å². The first kappa shape index (κ1) is 15.5. The van der Waals surface area contributed by atoms with Crippen molar-refractivity contribution in [2.24, 2.45) is 5.73 Å². The van der Waals surface area contributed by atoms with Crippen LogP contribution in [0.4, 0.5) is 0 Å². The molecule has 21 heavy (non-hydrogen) atoms. The van der Waals surface area contributed by atoms with E-state index in [1.165, 1.54) is 4.57 Å². The molecule has 0 bridgehead atoms. The summed E-state index contributed by atoms with van der Waals surface area (Å²) < 4.78 is 4.75. The smallest absolute Gasteiger partial charge is 0.330 e. The zero-order valence-corrected chi connectivity index (χ0v) is 12.9. The third-order valence-corrected chi connectivity index (χ3v) is 3.75. The van der Waals surface area contributed by atoms with Crippen molar-refractivity contribution in [1.82, 2.24) is 18.7 Å². The fourth-order valence-electron chi connectivity index (χ4n) is 2.69. The van der Waals surface area contributed by atoms with Crippen LogP contribution in [0.5, 0.6) is 0 Å². The molecule has 0 spiro atoms. The average Bonchev–Trinajstić information content (AvgIpc) is 2.84. The van der Waals surface area contributed by atoms with E-state index in [4.69, 9.17) is 5.73 Å². The Kier molecular flexibility index (Phi) is 4.62. The number of aromatic nitrogens is 4. The standard InChI is InChI=1S/C14H23N5O2/c1-4-17-10(8-7-9-15)16-12-11(17)13(20)19(6-3)14(21)18(12)5-2/h4-9,15H2,1-3H3. The number of hydrogen-bond acceptors (Lipinski definition) is 4. The molecule has 0 aliphatic carbocycles. The molecule has 0 aliphatic heterocycles. The Balaban J connectivity index is 2.87. The van der Waals surface area contributed by atoms with Crippen LogP contribution in [0.2, 0.25) is 0 Å². The number of rotatable bonds is 6. The van der Waals surface area contributed by atoms with Crippen LogP contribution in [-0.4, -0.2) is 25.2 Å². The van der Waals surface area contributed by atoms with Crippen LogP contribution in [0, 0.1) is 0 Å². The van der Waals surface area contributed by atoms with Gasteiger partial charge < -0.3 is 10.3 Å². The average molecular weight is 293 g/mol. The Labute approximate surface area is 123 Å². The van der Waals surface area contributed by atoms with Crippen LogP contribution in [0.1, 0.15) is 33.0 Å². The van der Waals surface area contributed by atoms with Gasteiger partial charge in [-0.05, 0) is 33.7 Å². The van der Waals surface area contributed by atoms with Crippen molar-refractivity contribution in [2.45, 2.75) is 53.2 Å². The molecule has 0 unspecified atom stereocenters. The first-order chi connectivity index (χ1) is 10.1. The summed E-state index contributed by atoms with van der Waals surface area (Å²) in [4.78, 5) is 29.5. The molecule has 0 aromatic carbocycles. The molecule has 0 fully saturated rings. The summed E-state index contributed by atoms with van der Waals surface area (Å²) >= 11 is 0. The molecule has 0 saturated heterocycles. The number of nitrogens with two attached hydrogens (primary N) is 1. The maximum atomic E-state index is 12.6. The van der Waals surface area contributed by atoms with E-state index in [-0.39, 0.29) is 11.2 Å². The minimum atomic E-state index is -0.288. The second kappa shape index (κ2) is 6.26. The number of nitrogens with zero attached hydrogens (tertiary/aromatic N) is 4. The van der Waals surface area contributed by atoms with E-state index in [0.29, 0.717) is 43.8 Å². The summed E-state index contributed by atoms with van der Waals surface area (Å²) in [6, 6.07) is 0. The van der Waals surface area contributed by atoms with Crippen LogP contribution in [0.15, 0.2) is 9.59 Å². The third-order valence-electron chi connectivity index (χ3n) is 3.75. The lowest BCUT2D eigenvalue weighted by molar-refractivity contribution is 0.602. The number of hydrogen-bond donors (Lipinski definition) is 1. The molecule has 2 rings (SSSR count). The van der Waals surface area contributed by atoms with Crippen molar-refractivity contribution >= 4 is 11.2 Å². The molecule has 2 aromatic rings. The summed E-state index contributed by atoms with van der Waals surface area (Å²) in [5, 5.41) is 0. The van der Waals surface area contributed by atoms with Gasteiger partial charge in [0.25, 0.3) is 5.56 Å². The Bertz CT molecular complexity index is 753. The van der Waals surface area contributed by atoms with Gasteiger partial charge in [-0.25, -0.2) is 9.78 Å². The molecule has 7 nitrogen and oxygen atoms in total. The van der Waals surface area contributed by atoms with E-state index in [1.807, 2.05) is 18.4 Å². The highest BCUT2D eigenvalue weighted by Gasteiger charge is 2.19. The van der Waals surface area contributed by atoms with Crippen LogP contribution < -0.4 is 17.0 Å². The highest BCUT2D eigenvalue weighted by molar-refractivity contribution is 5.71. The molecular formula is C14H23N5O2. The molecule has 116 valence electrons. The zero-order valence-electron chi connectivity index (χ0n) is 12.9. The van der Waals surface area contributed by atoms with E-state index >= 15 is 0 Å². The number of fused-ring (bicyclic) bond motifs is 1. The van der Waals surface area contributed by atoms with E-state index in [9.17, 15) is 9.59 Å². The van der Waals surface area contributed by atoms with Crippen molar-refractivity contribution < 1.29 is 0 Å². The Morgan fingerprint density at radius 3 is 2.14 bits per heavy atom. The number of imidazole rings is 1. The molecule has 0 saturated carbocycles. The lowest BCUT2D eigenvalue weighted by Crippen LogP contribution is -2.40. The van der Waals surface area contributed by atoms with Gasteiger partial charge in [0.2, 0.25) is 0 Å². The van der Waals surface area contributed by atoms with Gasteiger partial charge in [-0.15, -0.1) is 0 Å². The zero-order chi connectivity index (χ0) is 15.6. The Hall–Kier alpha value is -1.89.